The fraction of sp³-hybridized carbons (Fsp3) is 0.333. The van der Waals surface area contributed by atoms with E-state index in [0.717, 1.165) is 18.4 Å². The molecule has 1 aliphatic heterocycles. The van der Waals surface area contributed by atoms with Crippen molar-refractivity contribution in [3.05, 3.63) is 71.8 Å². The zero-order valence-electron chi connectivity index (χ0n) is 14.9. The number of benzene rings is 2. The molecule has 3 amide bonds. The molecule has 1 atom stereocenters. The zero-order valence-corrected chi connectivity index (χ0v) is 14.9. The Hall–Kier alpha value is -2.82. The molecule has 0 spiro atoms. The summed E-state index contributed by atoms with van der Waals surface area (Å²) in [5.74, 6) is -0.0955. The molecule has 1 saturated heterocycles. The summed E-state index contributed by atoms with van der Waals surface area (Å²) in [6.07, 6.45) is 2.23. The van der Waals surface area contributed by atoms with Gasteiger partial charge in [-0.25, -0.2) is 4.79 Å². The van der Waals surface area contributed by atoms with Gasteiger partial charge < -0.3 is 15.5 Å². The van der Waals surface area contributed by atoms with E-state index < -0.39 is 6.04 Å². The van der Waals surface area contributed by atoms with Crippen molar-refractivity contribution in [1.82, 2.24) is 15.5 Å². The van der Waals surface area contributed by atoms with Crippen LogP contribution in [0.15, 0.2) is 60.7 Å². The van der Waals surface area contributed by atoms with Crippen LogP contribution in [-0.2, 0) is 17.8 Å². The molecule has 1 unspecified atom stereocenters. The lowest BCUT2D eigenvalue weighted by molar-refractivity contribution is -0.126. The number of rotatable bonds is 7. The van der Waals surface area contributed by atoms with E-state index in [9.17, 15) is 9.59 Å². The van der Waals surface area contributed by atoms with Gasteiger partial charge in [-0.2, -0.15) is 0 Å². The Morgan fingerprint density at radius 2 is 1.69 bits per heavy atom. The fourth-order valence-corrected chi connectivity index (χ4v) is 3.22. The smallest absolute Gasteiger partial charge is 0.318 e. The highest BCUT2D eigenvalue weighted by molar-refractivity contribution is 5.87. The van der Waals surface area contributed by atoms with Crippen molar-refractivity contribution in [3.8, 4) is 0 Å². The number of hydrogen-bond donors (Lipinski definition) is 2. The molecule has 1 aliphatic rings. The molecule has 0 radical (unpaired) electrons. The minimum absolute atomic E-state index is 0.0955. The first kappa shape index (κ1) is 18.0. The van der Waals surface area contributed by atoms with E-state index in [4.69, 9.17) is 0 Å². The molecule has 136 valence electrons. The monoisotopic (exact) mass is 351 g/mol. The van der Waals surface area contributed by atoms with Crippen LogP contribution in [0.2, 0.25) is 0 Å². The van der Waals surface area contributed by atoms with E-state index >= 15 is 0 Å². The Balaban J connectivity index is 1.66. The molecule has 5 nitrogen and oxygen atoms in total. The van der Waals surface area contributed by atoms with Crippen molar-refractivity contribution in [2.45, 2.75) is 31.8 Å². The van der Waals surface area contributed by atoms with E-state index in [2.05, 4.69) is 22.8 Å². The maximum Gasteiger partial charge on any atom is 0.318 e. The third-order valence-corrected chi connectivity index (χ3v) is 4.65. The molecule has 2 N–H and O–H groups in total. The standard InChI is InChI=1S/C21H25N3O2/c25-20(23-16-18-10-5-2-6-11-18)19(24-15-7-14-22-21(24)26)13-12-17-8-3-1-4-9-17/h1-6,8-11,19H,7,12-16H2,(H,22,26)(H,23,25). The first-order valence-corrected chi connectivity index (χ1v) is 9.14. The highest BCUT2D eigenvalue weighted by Gasteiger charge is 2.31. The summed E-state index contributed by atoms with van der Waals surface area (Å²) >= 11 is 0. The highest BCUT2D eigenvalue weighted by Crippen LogP contribution is 2.14. The van der Waals surface area contributed by atoms with Gasteiger partial charge >= 0.3 is 6.03 Å². The molecular formula is C21H25N3O2. The van der Waals surface area contributed by atoms with Crippen molar-refractivity contribution in [2.24, 2.45) is 0 Å². The average Bonchev–Trinajstić information content (AvgIpc) is 2.69. The molecule has 0 aromatic heterocycles. The fourth-order valence-electron chi connectivity index (χ4n) is 3.22. The van der Waals surface area contributed by atoms with Gasteiger partial charge in [-0.15, -0.1) is 0 Å². The van der Waals surface area contributed by atoms with E-state index in [0.29, 0.717) is 26.1 Å². The summed E-state index contributed by atoms with van der Waals surface area (Å²) in [6, 6.07) is 19.3. The molecule has 5 heteroatoms. The molecule has 0 bridgehead atoms. The molecule has 2 aromatic carbocycles. The number of carbonyl (C=O) groups is 2. The van der Waals surface area contributed by atoms with Gasteiger partial charge in [-0.1, -0.05) is 60.7 Å². The number of amides is 3. The van der Waals surface area contributed by atoms with E-state index in [-0.39, 0.29) is 11.9 Å². The summed E-state index contributed by atoms with van der Waals surface area (Å²) in [5, 5.41) is 5.84. The summed E-state index contributed by atoms with van der Waals surface area (Å²) in [4.78, 5) is 26.8. The second-order valence-electron chi connectivity index (χ2n) is 6.52. The first-order valence-electron chi connectivity index (χ1n) is 9.14. The van der Waals surface area contributed by atoms with Crippen molar-refractivity contribution < 1.29 is 9.59 Å². The highest BCUT2D eigenvalue weighted by atomic mass is 16.2. The van der Waals surface area contributed by atoms with E-state index in [1.165, 1.54) is 5.56 Å². The maximum atomic E-state index is 12.8. The van der Waals surface area contributed by atoms with Crippen molar-refractivity contribution in [2.75, 3.05) is 13.1 Å². The van der Waals surface area contributed by atoms with Crippen molar-refractivity contribution in [1.29, 1.82) is 0 Å². The largest absolute Gasteiger partial charge is 0.350 e. The molecule has 1 fully saturated rings. The van der Waals surface area contributed by atoms with Crippen LogP contribution in [-0.4, -0.2) is 36.0 Å². The van der Waals surface area contributed by atoms with E-state index in [1.807, 2.05) is 48.5 Å². The number of nitrogens with zero attached hydrogens (tertiary/aromatic N) is 1. The topological polar surface area (TPSA) is 61.4 Å². The Kier molecular flexibility index (Phi) is 6.25. The van der Waals surface area contributed by atoms with Crippen molar-refractivity contribution in [3.63, 3.8) is 0 Å². The number of aryl methyl sites for hydroxylation is 1. The SMILES string of the molecule is O=C(NCc1ccccc1)C(CCc1ccccc1)N1CCCNC1=O. The molecule has 26 heavy (non-hydrogen) atoms. The molecule has 0 saturated carbocycles. The number of urea groups is 1. The summed E-state index contributed by atoms with van der Waals surface area (Å²) in [6.45, 7) is 1.76. The van der Waals surface area contributed by atoms with Crippen LogP contribution >= 0.6 is 0 Å². The molecule has 3 rings (SSSR count). The lowest BCUT2D eigenvalue weighted by Gasteiger charge is -2.34. The quantitative estimate of drug-likeness (QED) is 0.806. The van der Waals surface area contributed by atoms with E-state index in [1.54, 1.807) is 4.90 Å². The van der Waals surface area contributed by atoms with Gasteiger partial charge in [0, 0.05) is 19.6 Å². The molecule has 0 aliphatic carbocycles. The van der Waals surface area contributed by atoms with Crippen molar-refractivity contribution >= 4 is 11.9 Å². The predicted molar refractivity (Wildman–Crippen MR) is 102 cm³/mol. The van der Waals surface area contributed by atoms with Gasteiger partial charge in [0.15, 0.2) is 0 Å². The zero-order chi connectivity index (χ0) is 18.2. The van der Waals surface area contributed by atoms with Crippen LogP contribution in [0.3, 0.4) is 0 Å². The predicted octanol–water partition coefficient (Wildman–Crippen LogP) is 2.72. The Morgan fingerprint density at radius 3 is 2.35 bits per heavy atom. The number of nitrogens with one attached hydrogen (secondary N) is 2. The lowest BCUT2D eigenvalue weighted by Crippen LogP contribution is -2.56. The first-order chi connectivity index (χ1) is 12.7. The normalized spacial score (nSPS) is 15.2. The van der Waals surface area contributed by atoms with Gasteiger partial charge in [-0.3, -0.25) is 4.79 Å². The second-order valence-corrected chi connectivity index (χ2v) is 6.52. The van der Waals surface area contributed by atoms with Gasteiger partial charge in [-0.05, 0) is 30.4 Å². The van der Waals surface area contributed by atoms with Crippen LogP contribution in [0.25, 0.3) is 0 Å². The molecule has 2 aromatic rings. The number of carbonyl (C=O) groups excluding carboxylic acids is 2. The van der Waals surface area contributed by atoms with Gasteiger partial charge in [0.05, 0.1) is 0 Å². The summed E-state index contributed by atoms with van der Waals surface area (Å²) in [7, 11) is 0. The average molecular weight is 351 g/mol. The molecule has 1 heterocycles. The second kappa shape index (κ2) is 9.04. The maximum absolute atomic E-state index is 12.8. The molecular weight excluding hydrogens is 326 g/mol. The number of hydrogen-bond acceptors (Lipinski definition) is 2. The van der Waals surface area contributed by atoms with Gasteiger partial charge in [0.2, 0.25) is 5.91 Å². The Labute approximate surface area is 154 Å². The Bertz CT molecular complexity index is 719. The van der Waals surface area contributed by atoms with Crippen LogP contribution in [0.1, 0.15) is 24.0 Å². The minimum atomic E-state index is -0.459. The van der Waals surface area contributed by atoms with Crippen LogP contribution in [0.5, 0.6) is 0 Å². The third kappa shape index (κ3) is 4.85. The van der Waals surface area contributed by atoms with Gasteiger partial charge in [0.25, 0.3) is 0 Å². The van der Waals surface area contributed by atoms with Crippen LogP contribution in [0.4, 0.5) is 4.79 Å². The lowest BCUT2D eigenvalue weighted by atomic mass is 10.0. The van der Waals surface area contributed by atoms with Crippen LogP contribution < -0.4 is 10.6 Å². The van der Waals surface area contributed by atoms with Crippen LogP contribution in [0, 0.1) is 0 Å². The summed E-state index contributed by atoms with van der Waals surface area (Å²) in [5.41, 5.74) is 2.22. The van der Waals surface area contributed by atoms with Gasteiger partial charge in [0.1, 0.15) is 6.04 Å². The Morgan fingerprint density at radius 1 is 1.04 bits per heavy atom. The third-order valence-electron chi connectivity index (χ3n) is 4.65. The minimum Gasteiger partial charge on any atom is -0.350 e. The summed E-state index contributed by atoms with van der Waals surface area (Å²) < 4.78 is 0.